The van der Waals surface area contributed by atoms with Gasteiger partial charge in [0.15, 0.2) is 0 Å². The van der Waals surface area contributed by atoms with Crippen molar-refractivity contribution in [2.75, 3.05) is 12.0 Å². The fraction of sp³-hybridized carbons (Fsp3) is 0.278. The number of rotatable bonds is 4. The fourth-order valence-electron chi connectivity index (χ4n) is 2.91. The van der Waals surface area contributed by atoms with E-state index in [-0.39, 0.29) is 11.9 Å². The van der Waals surface area contributed by atoms with Crippen molar-refractivity contribution >= 4 is 23.2 Å². The van der Waals surface area contributed by atoms with Crippen LogP contribution in [0.15, 0.2) is 42.5 Å². The Morgan fingerprint density at radius 1 is 1.22 bits per heavy atom. The zero-order chi connectivity index (χ0) is 16.6. The lowest BCUT2D eigenvalue weighted by Crippen LogP contribution is -2.63. The molecule has 1 heterocycles. The topological polar surface area (TPSA) is 55.6 Å². The van der Waals surface area contributed by atoms with E-state index in [9.17, 15) is 4.79 Å². The minimum Gasteiger partial charge on any atom is -0.495 e. The number of hydrogen-bond donors (Lipinski definition) is 1. The fourth-order valence-corrected chi connectivity index (χ4v) is 3.16. The third-order valence-electron chi connectivity index (χ3n) is 4.28. The minimum atomic E-state index is -0.525. The Bertz CT molecular complexity index is 730. The first kappa shape index (κ1) is 15.8. The summed E-state index contributed by atoms with van der Waals surface area (Å²) in [5, 5.41) is 0.471. The van der Waals surface area contributed by atoms with Crippen LogP contribution in [0.2, 0.25) is 5.02 Å². The molecule has 5 heteroatoms. The number of carbonyl (C=O) groups excluding carboxylic acids is 1. The van der Waals surface area contributed by atoms with Crippen molar-refractivity contribution in [3.8, 4) is 5.75 Å². The van der Waals surface area contributed by atoms with Crippen LogP contribution in [-0.2, 0) is 11.2 Å². The van der Waals surface area contributed by atoms with E-state index in [4.69, 9.17) is 22.1 Å². The highest BCUT2D eigenvalue weighted by molar-refractivity contribution is 6.32. The van der Waals surface area contributed by atoms with Crippen LogP contribution in [0.1, 0.15) is 24.1 Å². The molecule has 120 valence electrons. The normalized spacial score (nSPS) is 20.3. The quantitative estimate of drug-likeness (QED) is 0.875. The van der Waals surface area contributed by atoms with E-state index < -0.39 is 6.04 Å². The number of benzene rings is 2. The molecule has 1 aliphatic rings. The number of nitrogens with two attached hydrogens (primary N) is 1. The van der Waals surface area contributed by atoms with Gasteiger partial charge in [-0.2, -0.15) is 0 Å². The summed E-state index contributed by atoms with van der Waals surface area (Å²) in [6.45, 7) is 2.11. The van der Waals surface area contributed by atoms with Gasteiger partial charge in [0.2, 0.25) is 5.91 Å². The summed E-state index contributed by atoms with van der Waals surface area (Å²) in [5.74, 6) is 0.479. The van der Waals surface area contributed by atoms with Gasteiger partial charge in [0.25, 0.3) is 0 Å². The Hall–Kier alpha value is -2.04. The molecule has 2 atom stereocenters. The van der Waals surface area contributed by atoms with E-state index in [1.807, 2.05) is 18.2 Å². The summed E-state index contributed by atoms with van der Waals surface area (Å²) >= 11 is 6.18. The summed E-state index contributed by atoms with van der Waals surface area (Å²) in [7, 11) is 1.56. The van der Waals surface area contributed by atoms with Gasteiger partial charge in [-0.05, 0) is 35.7 Å². The molecule has 4 nitrogen and oxygen atoms in total. The predicted octanol–water partition coefficient (Wildman–Crippen LogP) is 3.33. The molecule has 0 spiro atoms. The van der Waals surface area contributed by atoms with Gasteiger partial charge in [0, 0.05) is 5.69 Å². The zero-order valence-electron chi connectivity index (χ0n) is 13.1. The van der Waals surface area contributed by atoms with E-state index in [1.165, 1.54) is 5.56 Å². The highest BCUT2D eigenvalue weighted by Crippen LogP contribution is 2.40. The minimum absolute atomic E-state index is 0.101. The van der Waals surface area contributed by atoms with Crippen molar-refractivity contribution in [2.24, 2.45) is 5.73 Å². The Balaban J connectivity index is 1.93. The summed E-state index contributed by atoms with van der Waals surface area (Å²) < 4.78 is 5.16. The predicted molar refractivity (Wildman–Crippen MR) is 92.0 cm³/mol. The number of halogens is 1. The van der Waals surface area contributed by atoms with E-state index in [2.05, 4.69) is 19.1 Å². The Labute approximate surface area is 140 Å². The molecule has 0 aromatic heterocycles. The second-order valence-electron chi connectivity index (χ2n) is 5.59. The molecule has 0 saturated carbocycles. The second kappa shape index (κ2) is 6.22. The van der Waals surface area contributed by atoms with Gasteiger partial charge in [-0.15, -0.1) is 0 Å². The maximum Gasteiger partial charge on any atom is 0.247 e. The number of carbonyl (C=O) groups is 1. The molecule has 2 aromatic rings. The average molecular weight is 331 g/mol. The van der Waals surface area contributed by atoms with E-state index >= 15 is 0 Å². The molecule has 1 fully saturated rings. The van der Waals surface area contributed by atoms with E-state index in [0.717, 1.165) is 17.7 Å². The van der Waals surface area contributed by atoms with Crippen molar-refractivity contribution in [1.29, 1.82) is 0 Å². The van der Waals surface area contributed by atoms with Crippen LogP contribution in [0.5, 0.6) is 5.75 Å². The van der Waals surface area contributed by atoms with Gasteiger partial charge in [0.05, 0.1) is 18.2 Å². The van der Waals surface area contributed by atoms with Gasteiger partial charge in [-0.1, -0.05) is 42.8 Å². The monoisotopic (exact) mass is 330 g/mol. The molecule has 23 heavy (non-hydrogen) atoms. The number of anilines is 1. The molecule has 1 amide bonds. The van der Waals surface area contributed by atoms with Crippen LogP contribution in [0.4, 0.5) is 5.69 Å². The van der Waals surface area contributed by atoms with Gasteiger partial charge >= 0.3 is 0 Å². The standard InChI is InChI=1S/C18H19ClN2O2/c1-3-11-4-6-12(7-5-11)17-16(20)18(22)21(17)13-8-9-15(23-2)14(19)10-13/h4-10,16-17H,3,20H2,1-2H3/t16-,17-/m1/s1. The Kier molecular flexibility index (Phi) is 4.28. The van der Waals surface area contributed by atoms with E-state index in [1.54, 1.807) is 24.1 Å². The third-order valence-corrected chi connectivity index (χ3v) is 4.58. The Morgan fingerprint density at radius 2 is 1.91 bits per heavy atom. The van der Waals surface area contributed by atoms with E-state index in [0.29, 0.717) is 10.8 Å². The van der Waals surface area contributed by atoms with Crippen LogP contribution in [-0.4, -0.2) is 19.1 Å². The first-order chi connectivity index (χ1) is 11.1. The molecule has 3 rings (SSSR count). The first-order valence-electron chi connectivity index (χ1n) is 7.57. The van der Waals surface area contributed by atoms with Crippen LogP contribution >= 0.6 is 11.6 Å². The second-order valence-corrected chi connectivity index (χ2v) is 6.00. The number of hydrogen-bond acceptors (Lipinski definition) is 3. The largest absolute Gasteiger partial charge is 0.495 e. The maximum absolute atomic E-state index is 12.3. The molecule has 0 unspecified atom stereocenters. The molecule has 0 bridgehead atoms. The molecule has 1 aliphatic heterocycles. The summed E-state index contributed by atoms with van der Waals surface area (Å²) in [4.78, 5) is 14.0. The number of methoxy groups -OCH3 is 1. The smallest absolute Gasteiger partial charge is 0.247 e. The van der Waals surface area contributed by atoms with Crippen LogP contribution in [0.25, 0.3) is 0 Å². The molecule has 2 aromatic carbocycles. The van der Waals surface area contributed by atoms with Crippen molar-refractivity contribution in [3.05, 3.63) is 58.6 Å². The van der Waals surface area contributed by atoms with Gasteiger partial charge < -0.3 is 15.4 Å². The van der Waals surface area contributed by atoms with Gasteiger partial charge in [-0.3, -0.25) is 4.79 Å². The number of amides is 1. The zero-order valence-corrected chi connectivity index (χ0v) is 13.9. The molecule has 1 saturated heterocycles. The van der Waals surface area contributed by atoms with Gasteiger partial charge in [0.1, 0.15) is 11.8 Å². The Morgan fingerprint density at radius 3 is 2.48 bits per heavy atom. The first-order valence-corrected chi connectivity index (χ1v) is 7.95. The number of β-lactam (4-membered cyclic amide) rings is 1. The lowest BCUT2D eigenvalue weighted by molar-refractivity contribution is -0.126. The molecular formula is C18H19ClN2O2. The van der Waals surface area contributed by atoms with Crippen molar-refractivity contribution in [3.63, 3.8) is 0 Å². The number of aryl methyl sites for hydroxylation is 1. The van der Waals surface area contributed by atoms with Crippen molar-refractivity contribution in [1.82, 2.24) is 0 Å². The SMILES string of the molecule is CCc1ccc([C@@H]2[C@@H](N)C(=O)N2c2ccc(OC)c(Cl)c2)cc1. The third kappa shape index (κ3) is 2.69. The lowest BCUT2D eigenvalue weighted by atomic mass is 9.88. The molecule has 2 N–H and O–H groups in total. The van der Waals surface area contributed by atoms with Crippen molar-refractivity contribution < 1.29 is 9.53 Å². The molecular weight excluding hydrogens is 312 g/mol. The summed E-state index contributed by atoms with van der Waals surface area (Å²) in [6, 6.07) is 12.8. The van der Waals surface area contributed by atoms with Crippen LogP contribution < -0.4 is 15.4 Å². The summed E-state index contributed by atoms with van der Waals surface area (Å²) in [6.07, 6.45) is 0.980. The number of nitrogens with zero attached hydrogens (tertiary/aromatic N) is 1. The van der Waals surface area contributed by atoms with Crippen LogP contribution in [0, 0.1) is 0 Å². The van der Waals surface area contributed by atoms with Crippen molar-refractivity contribution in [2.45, 2.75) is 25.4 Å². The molecule has 0 radical (unpaired) electrons. The van der Waals surface area contributed by atoms with Gasteiger partial charge in [-0.25, -0.2) is 0 Å². The highest BCUT2D eigenvalue weighted by atomic mass is 35.5. The summed E-state index contributed by atoms with van der Waals surface area (Å²) in [5.41, 5.74) is 9.06. The molecule has 0 aliphatic carbocycles. The maximum atomic E-state index is 12.3. The lowest BCUT2D eigenvalue weighted by Gasteiger charge is -2.45. The average Bonchev–Trinajstić information content (AvgIpc) is 2.58. The highest BCUT2D eigenvalue weighted by Gasteiger charge is 2.46. The number of ether oxygens (including phenoxy) is 1. The van der Waals surface area contributed by atoms with Crippen LogP contribution in [0.3, 0.4) is 0 Å².